The lowest BCUT2D eigenvalue weighted by atomic mass is 9.99. The number of ether oxygens (including phenoxy) is 1. The van der Waals surface area contributed by atoms with Crippen LogP contribution in [0, 0.1) is 11.8 Å². The number of aliphatic hydroxyl groups is 1. The number of amides is 4. The number of aliphatic hydroxyl groups excluding tert-OH is 1. The fraction of sp³-hybridized carbons (Fsp3) is 0.404. The Labute approximate surface area is 619 Å². The third kappa shape index (κ3) is 49.8. The van der Waals surface area contributed by atoms with E-state index in [1.807, 2.05) is 305 Å². The molecule has 500 valence electrons. The molecule has 10 nitrogen and oxygen atoms in total. The summed E-state index contributed by atoms with van der Waals surface area (Å²) in [5, 5.41) is 21.2. The first-order valence-corrected chi connectivity index (χ1v) is 65.8. The Hall–Kier alpha value is 1.72. The average molecular weight is 1810 g/mol. The molecule has 0 aliphatic rings. The number of nitrogens with one attached hydrogen (secondary N) is 4. The molecule has 0 heterocycles. The van der Waals surface area contributed by atoms with Crippen molar-refractivity contribution in [1.82, 2.24) is 21.3 Å². The molecule has 0 aromatic heterocycles. The van der Waals surface area contributed by atoms with Crippen LogP contribution in [-0.2, 0) is 339 Å². The van der Waals surface area contributed by atoms with E-state index in [1.54, 1.807) is 107 Å². The molecular weight excluding hydrogens is 1740 g/mol. The van der Waals surface area contributed by atoms with Crippen molar-refractivity contribution in [2.75, 3.05) is 0 Å². The molecule has 0 radical (unpaired) electrons. The highest BCUT2D eigenvalue weighted by Crippen LogP contribution is 2.16. The summed E-state index contributed by atoms with van der Waals surface area (Å²) in [7, 11) is 52.8. The maximum atomic E-state index is 13.0. The Bertz CT molecular complexity index is 4210. The molecule has 4 aromatic carbocycles. The van der Waals surface area contributed by atoms with E-state index >= 15 is 0 Å². The van der Waals surface area contributed by atoms with Crippen molar-refractivity contribution in [3.63, 3.8) is 0 Å². The van der Waals surface area contributed by atoms with E-state index < -0.39 is 35.8 Å². The van der Waals surface area contributed by atoms with Gasteiger partial charge in [-0.05, 0) is 69.7 Å². The van der Waals surface area contributed by atoms with E-state index in [-0.39, 0.29) is 37.0 Å². The number of benzene rings is 4. The standard InChI is InChI=1S/C25H34N2O3.C21H26N2O3.CH4.S32/c1-18(16-20-12-8-6-9-13-20)23(28)27-22(19(2)30-25(3,4)5)24(29)26-17-21-14-10-7-11-15-21;1-15(13-17-9-5-3-6-10-17)20(25)23-19(16(2)24)21(26)22-14-18-11-7-4-8-12-18;;1-3-5-7-9-11-13-15-17-19-21-23-25-27-29-31-32-30-28-26-24-22-20-18-16-14-12-10-8-6-4-2/h6-15,18-19,22H,16-17H2,1-5H3,(H,26,29)(H,27,28);3-12,15-16,19,24H,13-14H2,1-2H3,(H,22,26)(H,23,25);1H4;/t18-,19+,22-;15-,16+,19-;;/m00../s1. The van der Waals surface area contributed by atoms with Crippen molar-refractivity contribution in [3.8, 4) is 0 Å². The third-order valence-corrected chi connectivity index (χ3v) is 74.2. The van der Waals surface area contributed by atoms with Gasteiger partial charge >= 0.3 is 0 Å². The number of carbonyl (C=O) groups is 4. The summed E-state index contributed by atoms with van der Waals surface area (Å²) in [4.78, 5) is 50.6. The highest BCUT2D eigenvalue weighted by Gasteiger charge is 2.32. The van der Waals surface area contributed by atoms with Crippen LogP contribution in [0.3, 0.4) is 0 Å². The Morgan fingerprint density at radius 2 is 0.629 bits per heavy atom. The molecule has 0 fully saturated rings. The van der Waals surface area contributed by atoms with Crippen LogP contribution in [0.25, 0.3) is 0 Å². The van der Waals surface area contributed by atoms with Crippen LogP contribution in [0.4, 0.5) is 0 Å². The average Bonchev–Trinajstić information content (AvgIpc) is 3.31. The van der Waals surface area contributed by atoms with E-state index in [0.29, 0.717) is 25.9 Å². The van der Waals surface area contributed by atoms with E-state index in [2.05, 4.69) is 21.3 Å². The monoisotopic (exact) mass is 1800 g/mol. The minimum atomic E-state index is -0.987. The van der Waals surface area contributed by atoms with Crippen LogP contribution in [0.5, 0.6) is 0 Å². The van der Waals surface area contributed by atoms with Gasteiger partial charge in [0.2, 0.25) is 23.6 Å². The molecule has 0 aliphatic heterocycles. The van der Waals surface area contributed by atoms with Crippen molar-refractivity contribution in [2.24, 2.45) is 11.8 Å². The first-order chi connectivity index (χ1) is 42.5. The van der Waals surface area contributed by atoms with Gasteiger partial charge in [0, 0.05) is 314 Å². The third-order valence-electron chi connectivity index (χ3n) is 9.74. The van der Waals surface area contributed by atoms with Gasteiger partial charge in [-0.3, -0.25) is 19.2 Å². The van der Waals surface area contributed by atoms with Gasteiger partial charge in [0.1, 0.15) is 12.1 Å². The second kappa shape index (κ2) is 59.7. The predicted octanol–water partition coefficient (Wildman–Crippen LogP) is 6.48. The van der Waals surface area contributed by atoms with E-state index in [0.717, 1.165) is 22.3 Å². The minimum Gasteiger partial charge on any atom is -0.391 e. The minimum absolute atomic E-state index is 0. The molecule has 0 saturated carbocycles. The number of hydrogen-bond donors (Lipinski definition) is 5. The molecule has 89 heavy (non-hydrogen) atoms. The van der Waals surface area contributed by atoms with Crippen LogP contribution >= 0.6 is 0 Å². The molecule has 42 heteroatoms. The van der Waals surface area contributed by atoms with Gasteiger partial charge in [-0.15, -0.1) is 0 Å². The Morgan fingerprint density at radius 1 is 0.393 bits per heavy atom. The molecule has 0 unspecified atom stereocenters. The smallest absolute Gasteiger partial charge is 0.245 e. The highest BCUT2D eigenvalue weighted by atomic mass is 33.5. The Balaban J connectivity index is 0.000000667. The van der Waals surface area contributed by atoms with Gasteiger partial charge < -0.3 is 31.1 Å². The zero-order chi connectivity index (χ0) is 64.3. The van der Waals surface area contributed by atoms with Crippen molar-refractivity contribution in [2.45, 2.75) is 112 Å². The van der Waals surface area contributed by atoms with Gasteiger partial charge in [-0.1, -0.05) is 143 Å². The van der Waals surface area contributed by atoms with Crippen molar-refractivity contribution in [3.05, 3.63) is 144 Å². The maximum absolute atomic E-state index is 13.0. The highest BCUT2D eigenvalue weighted by molar-refractivity contribution is 8.80. The summed E-state index contributed by atoms with van der Waals surface area (Å²) in [5.41, 5.74) is 3.66. The molecule has 4 rings (SSSR count). The zero-order valence-electron chi connectivity index (χ0n) is 46.9. The first-order valence-electron chi connectivity index (χ1n) is 24.5. The van der Waals surface area contributed by atoms with E-state index in [4.69, 9.17) is 27.1 Å². The lowest BCUT2D eigenvalue weighted by Gasteiger charge is -2.31. The lowest BCUT2D eigenvalue weighted by Crippen LogP contribution is -2.55. The Kier molecular flexibility index (Phi) is 59.6. The fourth-order valence-electron chi connectivity index (χ4n) is 6.25. The van der Waals surface area contributed by atoms with Gasteiger partial charge in [-0.25, -0.2) is 0 Å². The lowest BCUT2D eigenvalue weighted by molar-refractivity contribution is -0.138. The van der Waals surface area contributed by atoms with Crippen LogP contribution in [-0.4, -0.2) is 58.6 Å². The first kappa shape index (κ1) is 88.7. The summed E-state index contributed by atoms with van der Waals surface area (Å²) in [6.45, 7) is 13.5. The second-order valence-corrected chi connectivity index (χ2v) is 70.4. The fourth-order valence-corrected chi connectivity index (χ4v) is 83.1. The number of carbonyl (C=O) groups excluding carboxylic acids is 4. The topological polar surface area (TPSA) is 146 Å². The molecule has 4 aromatic rings. The summed E-state index contributed by atoms with van der Waals surface area (Å²) >= 11 is 9.58. The quantitative estimate of drug-likeness (QED) is 0.0809. The van der Waals surface area contributed by atoms with Gasteiger partial charge in [0.15, 0.2) is 0 Å². The van der Waals surface area contributed by atoms with Crippen molar-refractivity contribution >= 4 is 312 Å². The Morgan fingerprint density at radius 3 is 0.876 bits per heavy atom. The molecule has 5 N–H and O–H groups in total. The SMILES string of the molecule is C.C[C@@H](Cc1ccccc1)C(=O)N[C@H](C(=O)NCc1ccccc1)[C@@H](C)O.C[C@@H](Cc1ccccc1)C(=O)N[C@H](C(=O)NCc1ccccc1)[C@@H](C)OC(C)(C)C.S=S=S=S=S=S=S=S=S=S=S=S=S=S=S=S=S=S=S=S=S=S=S=S=S=S=S=S=S=S=S=S. The van der Waals surface area contributed by atoms with Gasteiger partial charge in [0.05, 0.1) is 17.8 Å². The van der Waals surface area contributed by atoms with E-state index in [1.165, 1.54) is 24.7 Å². The molecule has 0 spiro atoms. The summed E-state index contributed by atoms with van der Waals surface area (Å²) in [6.07, 6.45) is -0.281. The van der Waals surface area contributed by atoms with Crippen molar-refractivity contribution < 1.29 is 29.0 Å². The molecule has 0 aliphatic carbocycles. The summed E-state index contributed by atoms with van der Waals surface area (Å²) in [5.74, 6) is -1.64. The molecular formula is C47H64N4O6S32. The number of hydrogen-bond acceptors (Lipinski definition) is 8. The summed E-state index contributed by atoms with van der Waals surface area (Å²) in [6, 6.07) is 37.0. The van der Waals surface area contributed by atoms with Crippen LogP contribution in [0.15, 0.2) is 121 Å². The van der Waals surface area contributed by atoms with Gasteiger partial charge in [0.25, 0.3) is 0 Å². The normalized spacial score (nSPS) is 11.7. The van der Waals surface area contributed by atoms with E-state index in [9.17, 15) is 24.3 Å². The van der Waals surface area contributed by atoms with Crippen LogP contribution in [0.2, 0.25) is 0 Å². The molecule has 0 bridgehead atoms. The molecule has 4 amide bonds. The maximum Gasteiger partial charge on any atom is 0.245 e. The number of rotatable bonds is 17. The molecule has 0 saturated heterocycles. The summed E-state index contributed by atoms with van der Waals surface area (Å²) < 4.78 is 6.00. The van der Waals surface area contributed by atoms with Crippen LogP contribution in [0.1, 0.15) is 78.1 Å². The van der Waals surface area contributed by atoms with Crippen LogP contribution < -0.4 is 21.3 Å². The molecule has 6 atom stereocenters. The zero-order valence-corrected chi connectivity index (χ0v) is 73.0. The second-order valence-electron chi connectivity index (χ2n) is 17.3. The van der Waals surface area contributed by atoms with Gasteiger partial charge in [-0.2, -0.15) is 0 Å². The van der Waals surface area contributed by atoms with Crippen molar-refractivity contribution in [1.29, 1.82) is 0 Å². The largest absolute Gasteiger partial charge is 0.391 e. The predicted molar refractivity (Wildman–Crippen MR) is 463 cm³/mol.